The van der Waals surface area contributed by atoms with Crippen molar-refractivity contribution in [3.05, 3.63) is 77.9 Å². The van der Waals surface area contributed by atoms with Gasteiger partial charge in [0.15, 0.2) is 5.13 Å². The Morgan fingerprint density at radius 2 is 2.03 bits per heavy atom. The van der Waals surface area contributed by atoms with Crippen molar-refractivity contribution in [3.63, 3.8) is 0 Å². The third-order valence-corrected chi connectivity index (χ3v) is 6.24. The summed E-state index contributed by atoms with van der Waals surface area (Å²) in [4.78, 5) is 24.2. The highest BCUT2D eigenvalue weighted by molar-refractivity contribution is 7.22. The van der Waals surface area contributed by atoms with Crippen molar-refractivity contribution < 1.29 is 4.79 Å². The van der Waals surface area contributed by atoms with Crippen LogP contribution in [0.2, 0.25) is 0 Å². The lowest BCUT2D eigenvalue weighted by Gasteiger charge is -2.20. The summed E-state index contributed by atoms with van der Waals surface area (Å²) in [6.45, 7) is 5.64. The molecule has 2 heterocycles. The lowest BCUT2D eigenvalue weighted by molar-refractivity contribution is -0.118. The van der Waals surface area contributed by atoms with Crippen molar-refractivity contribution in [2.24, 2.45) is 0 Å². The van der Waals surface area contributed by atoms with Gasteiger partial charge in [-0.2, -0.15) is 0 Å². The first kappa shape index (κ1) is 23.0. The molecule has 0 saturated heterocycles. The first-order valence-electron chi connectivity index (χ1n) is 10.3. The van der Waals surface area contributed by atoms with Crippen molar-refractivity contribution in [1.82, 2.24) is 14.5 Å². The predicted molar refractivity (Wildman–Crippen MR) is 130 cm³/mol. The third kappa shape index (κ3) is 5.51. The molecule has 4 aromatic rings. The Kier molecular flexibility index (Phi) is 7.82. The van der Waals surface area contributed by atoms with Gasteiger partial charge in [-0.1, -0.05) is 60.2 Å². The van der Waals surface area contributed by atoms with E-state index in [1.807, 2.05) is 34.1 Å². The van der Waals surface area contributed by atoms with Gasteiger partial charge in [0, 0.05) is 25.5 Å². The van der Waals surface area contributed by atoms with Gasteiger partial charge < -0.3 is 4.57 Å². The molecule has 5 nitrogen and oxygen atoms in total. The van der Waals surface area contributed by atoms with Gasteiger partial charge >= 0.3 is 0 Å². The maximum atomic E-state index is 13.3. The molecule has 0 N–H and O–H groups in total. The van der Waals surface area contributed by atoms with Crippen molar-refractivity contribution in [1.29, 1.82) is 0 Å². The zero-order valence-electron chi connectivity index (χ0n) is 17.8. The standard InChI is InChI=1S/C24H26N4OS.ClH/c1-3-20-9-5-10-21-23(20)26-24(30-21)28(13-6-12-27-14-11-25-17-27)22(29)16-19-8-4-7-18(2)15-19;/h4-5,7-11,14-15,17H,3,6,12-13,16H2,1-2H3;1H. The molecule has 2 aromatic carbocycles. The molecule has 0 aliphatic heterocycles. The fourth-order valence-corrected chi connectivity index (χ4v) is 4.70. The van der Waals surface area contributed by atoms with E-state index >= 15 is 0 Å². The summed E-state index contributed by atoms with van der Waals surface area (Å²) in [7, 11) is 0. The number of amides is 1. The highest BCUT2D eigenvalue weighted by atomic mass is 35.5. The van der Waals surface area contributed by atoms with E-state index in [-0.39, 0.29) is 18.3 Å². The molecule has 4 rings (SSSR count). The molecule has 0 unspecified atom stereocenters. The molecule has 0 fully saturated rings. The Morgan fingerprint density at radius 1 is 1.19 bits per heavy atom. The number of anilines is 1. The van der Waals surface area contributed by atoms with E-state index in [1.54, 1.807) is 17.5 Å². The zero-order chi connectivity index (χ0) is 20.9. The van der Waals surface area contributed by atoms with E-state index in [4.69, 9.17) is 4.98 Å². The number of fused-ring (bicyclic) bond motifs is 1. The van der Waals surface area contributed by atoms with Crippen molar-refractivity contribution in [2.45, 2.75) is 39.7 Å². The molecule has 0 atom stereocenters. The van der Waals surface area contributed by atoms with Crippen LogP contribution in [0.25, 0.3) is 10.2 Å². The topological polar surface area (TPSA) is 51.0 Å². The van der Waals surface area contributed by atoms with Crippen molar-refractivity contribution >= 4 is 45.0 Å². The molecule has 7 heteroatoms. The molecule has 0 spiro atoms. The Balaban J connectivity index is 0.00000272. The zero-order valence-corrected chi connectivity index (χ0v) is 19.5. The summed E-state index contributed by atoms with van der Waals surface area (Å²) in [6, 6.07) is 14.4. The fourth-order valence-electron chi connectivity index (χ4n) is 3.64. The molecule has 1 amide bonds. The highest BCUT2D eigenvalue weighted by Crippen LogP contribution is 2.31. The van der Waals surface area contributed by atoms with E-state index in [0.29, 0.717) is 13.0 Å². The van der Waals surface area contributed by atoms with Crippen molar-refractivity contribution in [3.8, 4) is 0 Å². The van der Waals surface area contributed by atoms with E-state index in [0.717, 1.165) is 40.3 Å². The Bertz CT molecular complexity index is 1140. The van der Waals surface area contributed by atoms with Gasteiger partial charge in [-0.25, -0.2) is 9.97 Å². The van der Waals surface area contributed by atoms with Crippen molar-refractivity contribution in [2.75, 3.05) is 11.4 Å². The average Bonchev–Trinajstić information content (AvgIpc) is 3.40. The second-order valence-corrected chi connectivity index (χ2v) is 8.49. The van der Waals surface area contributed by atoms with Crippen LogP contribution in [0.3, 0.4) is 0 Å². The first-order chi connectivity index (χ1) is 14.6. The number of carbonyl (C=O) groups is 1. The molecule has 2 aromatic heterocycles. The summed E-state index contributed by atoms with van der Waals surface area (Å²) in [5.41, 5.74) is 4.44. The number of para-hydroxylation sites is 1. The van der Waals surface area contributed by atoms with E-state index in [9.17, 15) is 4.79 Å². The van der Waals surface area contributed by atoms with Gasteiger partial charge in [-0.15, -0.1) is 12.4 Å². The molecule has 0 saturated carbocycles. The molecule has 162 valence electrons. The Morgan fingerprint density at radius 3 is 2.77 bits per heavy atom. The van der Waals surface area contributed by atoms with Gasteiger partial charge in [0.25, 0.3) is 0 Å². The molecule has 31 heavy (non-hydrogen) atoms. The normalized spacial score (nSPS) is 10.8. The summed E-state index contributed by atoms with van der Waals surface area (Å²) < 4.78 is 3.17. The second-order valence-electron chi connectivity index (χ2n) is 7.48. The van der Waals surface area contributed by atoms with E-state index in [2.05, 4.69) is 49.2 Å². The minimum Gasteiger partial charge on any atom is -0.337 e. The van der Waals surface area contributed by atoms with Crippen LogP contribution in [-0.4, -0.2) is 27.0 Å². The number of hydrogen-bond acceptors (Lipinski definition) is 4. The number of benzene rings is 2. The van der Waals surface area contributed by atoms with Gasteiger partial charge in [0.2, 0.25) is 5.91 Å². The lowest BCUT2D eigenvalue weighted by atomic mass is 10.1. The van der Waals surface area contributed by atoms with Crippen LogP contribution in [0.5, 0.6) is 0 Å². The van der Waals surface area contributed by atoms with Crippen LogP contribution in [0, 0.1) is 6.92 Å². The van der Waals surface area contributed by atoms with E-state index < -0.39 is 0 Å². The van der Waals surface area contributed by atoms with Gasteiger partial charge in [-0.05, 0) is 37.0 Å². The van der Waals surface area contributed by atoms with Crippen LogP contribution in [0.15, 0.2) is 61.2 Å². The summed E-state index contributed by atoms with van der Waals surface area (Å²) in [6.07, 6.45) is 7.68. The number of rotatable bonds is 8. The maximum Gasteiger partial charge on any atom is 0.233 e. The number of carbonyl (C=O) groups excluding carboxylic acids is 1. The quantitative estimate of drug-likeness (QED) is 0.355. The highest BCUT2D eigenvalue weighted by Gasteiger charge is 2.20. The molecule has 0 bridgehead atoms. The number of thiazole rings is 1. The fraction of sp³-hybridized carbons (Fsp3) is 0.292. The molecular weight excluding hydrogens is 428 g/mol. The Hall–Kier alpha value is -2.70. The number of aromatic nitrogens is 3. The van der Waals surface area contributed by atoms with Gasteiger partial charge in [-0.3, -0.25) is 9.69 Å². The largest absolute Gasteiger partial charge is 0.337 e. The summed E-state index contributed by atoms with van der Waals surface area (Å²) >= 11 is 1.60. The van der Waals surface area contributed by atoms with Gasteiger partial charge in [0.05, 0.1) is 23.0 Å². The molecular formula is C24H27ClN4OS. The molecule has 0 radical (unpaired) electrons. The van der Waals surface area contributed by atoms with Crippen LogP contribution in [-0.2, 0) is 24.2 Å². The second kappa shape index (κ2) is 10.6. The predicted octanol–water partition coefficient (Wildman–Crippen LogP) is 5.45. The number of halogens is 1. The number of hydrogen-bond donors (Lipinski definition) is 0. The summed E-state index contributed by atoms with van der Waals surface area (Å²) in [5, 5.41) is 0.786. The Labute approximate surface area is 193 Å². The third-order valence-electron chi connectivity index (χ3n) is 5.20. The van der Waals surface area contributed by atoms with Gasteiger partial charge in [0.1, 0.15) is 0 Å². The first-order valence-corrected chi connectivity index (χ1v) is 11.2. The number of imidazole rings is 1. The minimum absolute atomic E-state index is 0. The maximum absolute atomic E-state index is 13.3. The van der Waals surface area contributed by atoms with Crippen LogP contribution >= 0.6 is 23.7 Å². The average molecular weight is 455 g/mol. The SMILES string of the molecule is CCc1cccc2sc(N(CCCn3ccnc3)C(=O)Cc3cccc(C)c3)nc12.Cl. The number of aryl methyl sites for hydroxylation is 3. The van der Waals surface area contributed by atoms with Crippen LogP contribution in [0.4, 0.5) is 5.13 Å². The summed E-state index contributed by atoms with van der Waals surface area (Å²) in [5.74, 6) is 0.0864. The minimum atomic E-state index is 0. The smallest absolute Gasteiger partial charge is 0.233 e. The molecule has 0 aliphatic carbocycles. The lowest BCUT2D eigenvalue weighted by Crippen LogP contribution is -2.33. The van der Waals surface area contributed by atoms with Crippen LogP contribution in [0.1, 0.15) is 30.0 Å². The monoisotopic (exact) mass is 454 g/mol. The molecule has 0 aliphatic rings. The number of nitrogens with zero attached hydrogens (tertiary/aromatic N) is 4. The van der Waals surface area contributed by atoms with Crippen LogP contribution < -0.4 is 4.90 Å². The van der Waals surface area contributed by atoms with E-state index in [1.165, 1.54) is 11.1 Å².